The van der Waals surface area contributed by atoms with E-state index >= 15 is 0 Å². The Bertz CT molecular complexity index is 360. The minimum Gasteiger partial charge on any atom is -0.481 e. The van der Waals surface area contributed by atoms with E-state index in [1.165, 1.54) is 0 Å². The first-order chi connectivity index (χ1) is 7.21. The zero-order valence-corrected chi connectivity index (χ0v) is 8.64. The van der Waals surface area contributed by atoms with E-state index in [1.54, 1.807) is 7.11 Å². The van der Waals surface area contributed by atoms with Gasteiger partial charge in [0, 0.05) is 13.0 Å². The molecule has 0 heterocycles. The molecule has 3 nitrogen and oxygen atoms in total. The number of carboxylic acids is 1. The van der Waals surface area contributed by atoms with Crippen LogP contribution in [0.15, 0.2) is 30.3 Å². The molecular formula is C12H14O3. The summed E-state index contributed by atoms with van der Waals surface area (Å²) in [6.07, 6.45) is 0.681. The van der Waals surface area contributed by atoms with E-state index in [1.807, 2.05) is 30.3 Å². The first kappa shape index (κ1) is 10.2. The minimum absolute atomic E-state index is 0.113. The normalized spacial score (nSPS) is 28.7. The summed E-state index contributed by atoms with van der Waals surface area (Å²) >= 11 is 0. The van der Waals surface area contributed by atoms with Crippen LogP contribution in [-0.2, 0) is 14.9 Å². The molecule has 2 atom stereocenters. The van der Waals surface area contributed by atoms with E-state index in [2.05, 4.69) is 0 Å². The number of carboxylic acid groups (broad SMARTS) is 1. The molecule has 1 N–H and O–H groups in total. The van der Waals surface area contributed by atoms with Gasteiger partial charge in [-0.3, -0.25) is 4.79 Å². The number of hydrogen-bond donors (Lipinski definition) is 1. The maximum absolute atomic E-state index is 11.3. The van der Waals surface area contributed by atoms with Crippen molar-refractivity contribution < 1.29 is 14.6 Å². The predicted molar refractivity (Wildman–Crippen MR) is 55.7 cm³/mol. The van der Waals surface area contributed by atoms with Crippen LogP contribution in [0.1, 0.15) is 12.0 Å². The number of rotatable bonds is 4. The van der Waals surface area contributed by atoms with Crippen molar-refractivity contribution in [2.24, 2.45) is 5.92 Å². The fourth-order valence-electron chi connectivity index (χ4n) is 2.21. The summed E-state index contributed by atoms with van der Waals surface area (Å²) in [6.45, 7) is 0.515. The summed E-state index contributed by atoms with van der Waals surface area (Å²) in [5.41, 5.74) is 0.191. The van der Waals surface area contributed by atoms with Crippen LogP contribution in [0.4, 0.5) is 0 Å². The van der Waals surface area contributed by atoms with Crippen molar-refractivity contribution in [2.45, 2.75) is 11.8 Å². The zero-order chi connectivity index (χ0) is 10.9. The van der Waals surface area contributed by atoms with Gasteiger partial charge in [-0.25, -0.2) is 0 Å². The molecule has 1 aromatic carbocycles. The average molecular weight is 206 g/mol. The van der Waals surface area contributed by atoms with Crippen molar-refractivity contribution in [1.82, 2.24) is 0 Å². The highest BCUT2D eigenvalue weighted by Gasteiger charge is 2.61. The van der Waals surface area contributed by atoms with Gasteiger partial charge >= 0.3 is 5.97 Å². The molecule has 2 rings (SSSR count). The first-order valence-electron chi connectivity index (χ1n) is 4.99. The Balaban J connectivity index is 2.28. The fourth-order valence-corrected chi connectivity index (χ4v) is 2.21. The van der Waals surface area contributed by atoms with Crippen LogP contribution < -0.4 is 0 Å². The van der Waals surface area contributed by atoms with Gasteiger partial charge in [0.1, 0.15) is 0 Å². The molecule has 0 radical (unpaired) electrons. The van der Waals surface area contributed by atoms with Crippen LogP contribution in [0.5, 0.6) is 0 Å². The van der Waals surface area contributed by atoms with E-state index < -0.39 is 11.4 Å². The number of carbonyl (C=O) groups is 1. The first-order valence-corrected chi connectivity index (χ1v) is 4.99. The topological polar surface area (TPSA) is 46.5 Å². The van der Waals surface area contributed by atoms with Gasteiger partial charge < -0.3 is 9.84 Å². The molecule has 80 valence electrons. The largest absolute Gasteiger partial charge is 0.481 e. The molecule has 0 amide bonds. The second-order valence-electron chi connectivity index (χ2n) is 4.00. The van der Waals surface area contributed by atoms with Gasteiger partial charge in [-0.1, -0.05) is 30.3 Å². The highest BCUT2D eigenvalue weighted by molar-refractivity contribution is 5.85. The van der Waals surface area contributed by atoms with Crippen molar-refractivity contribution in [2.75, 3.05) is 13.7 Å². The van der Waals surface area contributed by atoms with Crippen LogP contribution in [-0.4, -0.2) is 24.8 Å². The highest BCUT2D eigenvalue weighted by atomic mass is 16.5. The smallest absolute Gasteiger partial charge is 0.314 e. The monoisotopic (exact) mass is 206 g/mol. The fraction of sp³-hybridized carbons (Fsp3) is 0.417. The van der Waals surface area contributed by atoms with E-state index in [0.717, 1.165) is 5.56 Å². The molecule has 0 bridgehead atoms. The standard InChI is InChI=1S/C12H14O3/c1-15-8-10-7-12(10,11(13)14)9-5-3-2-4-6-9/h2-6,10H,7-8H2,1H3,(H,13,14)/t10-,12+/m0/s1. The van der Waals surface area contributed by atoms with Crippen LogP contribution in [0.25, 0.3) is 0 Å². The van der Waals surface area contributed by atoms with Crippen LogP contribution in [0, 0.1) is 5.92 Å². The number of benzene rings is 1. The molecule has 1 aromatic rings. The molecule has 1 aliphatic rings. The van der Waals surface area contributed by atoms with Crippen molar-refractivity contribution in [1.29, 1.82) is 0 Å². The van der Waals surface area contributed by atoms with Crippen LogP contribution >= 0.6 is 0 Å². The molecule has 15 heavy (non-hydrogen) atoms. The zero-order valence-electron chi connectivity index (χ0n) is 8.64. The number of methoxy groups -OCH3 is 1. The maximum atomic E-state index is 11.3. The third-order valence-electron chi connectivity index (χ3n) is 3.14. The Morgan fingerprint density at radius 3 is 2.73 bits per heavy atom. The van der Waals surface area contributed by atoms with Gasteiger partial charge in [0.05, 0.1) is 12.0 Å². The average Bonchev–Trinajstić information content (AvgIpc) is 2.96. The second-order valence-corrected chi connectivity index (χ2v) is 4.00. The number of hydrogen-bond acceptors (Lipinski definition) is 2. The van der Waals surface area contributed by atoms with Gasteiger partial charge in [0.25, 0.3) is 0 Å². The highest BCUT2D eigenvalue weighted by Crippen LogP contribution is 2.54. The molecular weight excluding hydrogens is 192 g/mol. The van der Waals surface area contributed by atoms with E-state index in [4.69, 9.17) is 4.74 Å². The summed E-state index contributed by atoms with van der Waals surface area (Å²) in [6, 6.07) is 9.41. The summed E-state index contributed by atoms with van der Waals surface area (Å²) in [5, 5.41) is 9.30. The van der Waals surface area contributed by atoms with Crippen molar-refractivity contribution in [3.8, 4) is 0 Å². The van der Waals surface area contributed by atoms with Crippen molar-refractivity contribution in [3.63, 3.8) is 0 Å². The quantitative estimate of drug-likeness (QED) is 0.815. The van der Waals surface area contributed by atoms with E-state index in [0.29, 0.717) is 13.0 Å². The Morgan fingerprint density at radius 2 is 2.20 bits per heavy atom. The Labute approximate surface area is 88.7 Å². The molecule has 0 saturated heterocycles. The Kier molecular flexibility index (Phi) is 2.49. The lowest BCUT2D eigenvalue weighted by Gasteiger charge is -2.12. The number of ether oxygens (including phenoxy) is 1. The SMILES string of the molecule is COC[C@@H]1C[C@@]1(C(=O)O)c1ccccc1. The summed E-state index contributed by atoms with van der Waals surface area (Å²) < 4.78 is 5.03. The summed E-state index contributed by atoms with van der Waals surface area (Å²) in [7, 11) is 1.61. The van der Waals surface area contributed by atoms with Gasteiger partial charge in [-0.15, -0.1) is 0 Å². The third kappa shape index (κ3) is 1.53. The van der Waals surface area contributed by atoms with Crippen LogP contribution in [0.3, 0.4) is 0 Å². The minimum atomic E-state index is -0.740. The third-order valence-corrected chi connectivity index (χ3v) is 3.14. The maximum Gasteiger partial charge on any atom is 0.314 e. The van der Waals surface area contributed by atoms with Crippen molar-refractivity contribution in [3.05, 3.63) is 35.9 Å². The van der Waals surface area contributed by atoms with Gasteiger partial charge in [0.15, 0.2) is 0 Å². The molecule has 1 saturated carbocycles. The molecule has 0 spiro atoms. The number of aliphatic carboxylic acids is 1. The molecule has 0 aromatic heterocycles. The Morgan fingerprint density at radius 1 is 1.53 bits per heavy atom. The molecule has 3 heteroatoms. The van der Waals surface area contributed by atoms with Gasteiger partial charge in [-0.05, 0) is 12.0 Å². The molecule has 0 unspecified atom stereocenters. The lowest BCUT2D eigenvalue weighted by molar-refractivity contribution is -0.140. The van der Waals surface area contributed by atoms with Crippen molar-refractivity contribution >= 4 is 5.97 Å². The van der Waals surface area contributed by atoms with E-state index in [-0.39, 0.29) is 5.92 Å². The van der Waals surface area contributed by atoms with Gasteiger partial charge in [0.2, 0.25) is 0 Å². The second kappa shape index (κ2) is 3.66. The van der Waals surface area contributed by atoms with Gasteiger partial charge in [-0.2, -0.15) is 0 Å². The predicted octanol–water partition coefficient (Wildman–Crippen LogP) is 1.68. The summed E-state index contributed by atoms with van der Waals surface area (Å²) in [5.74, 6) is -0.627. The Hall–Kier alpha value is -1.35. The van der Waals surface area contributed by atoms with E-state index in [9.17, 15) is 9.90 Å². The molecule has 1 fully saturated rings. The molecule has 1 aliphatic carbocycles. The van der Waals surface area contributed by atoms with Crippen LogP contribution in [0.2, 0.25) is 0 Å². The molecule has 0 aliphatic heterocycles. The summed E-state index contributed by atoms with van der Waals surface area (Å²) in [4.78, 5) is 11.3. The lowest BCUT2D eigenvalue weighted by Crippen LogP contribution is -2.23. The lowest BCUT2D eigenvalue weighted by atomic mass is 9.93.